The highest BCUT2D eigenvalue weighted by atomic mass is 16.2. The van der Waals surface area contributed by atoms with Crippen LogP contribution in [-0.4, -0.2) is 94.0 Å². The first kappa shape index (κ1) is 22.5. The Hall–Kier alpha value is -2.91. The number of carbonyl (C=O) groups excluding carboxylic acids is 1. The first-order chi connectivity index (χ1) is 17.2. The lowest BCUT2D eigenvalue weighted by molar-refractivity contribution is -0.689. The molecule has 1 amide bonds. The Morgan fingerprint density at radius 1 is 1.11 bits per heavy atom. The van der Waals surface area contributed by atoms with Gasteiger partial charge >= 0.3 is 0 Å². The molecule has 0 radical (unpaired) electrons. The molecule has 35 heavy (non-hydrogen) atoms. The van der Waals surface area contributed by atoms with Gasteiger partial charge in [0.2, 0.25) is 5.96 Å². The third-order valence-corrected chi connectivity index (χ3v) is 7.91. The number of imidazole rings is 1. The van der Waals surface area contributed by atoms with Crippen molar-refractivity contribution in [2.24, 2.45) is 4.99 Å². The second-order valence-corrected chi connectivity index (χ2v) is 10.0. The SMILES string of the molecule is Cc1n2ccccc2c[n+]1CC(=O)N1CC[N-]CC1N1C(N2CCCC2)=NC=CC1N1CCCC1. The van der Waals surface area contributed by atoms with E-state index in [0.29, 0.717) is 26.2 Å². The van der Waals surface area contributed by atoms with Crippen molar-refractivity contribution in [2.45, 2.75) is 51.5 Å². The zero-order valence-electron chi connectivity index (χ0n) is 20.7. The predicted molar refractivity (Wildman–Crippen MR) is 135 cm³/mol. The van der Waals surface area contributed by atoms with Crippen molar-refractivity contribution < 1.29 is 9.36 Å². The maximum Gasteiger partial charge on any atom is 0.266 e. The molecule has 0 bridgehead atoms. The normalized spacial score (nSPS) is 25.6. The number of rotatable bonds is 4. The number of likely N-dealkylation sites (tertiary alicyclic amines) is 2. The number of fused-ring (bicyclic) bond motifs is 1. The molecule has 0 aromatic carbocycles. The maximum absolute atomic E-state index is 13.8. The Bertz CT molecular complexity index is 1130. The van der Waals surface area contributed by atoms with Crippen molar-refractivity contribution in [1.82, 2.24) is 24.0 Å². The van der Waals surface area contributed by atoms with Crippen molar-refractivity contribution in [3.63, 3.8) is 0 Å². The maximum atomic E-state index is 13.8. The van der Waals surface area contributed by atoms with Gasteiger partial charge in [0.05, 0.1) is 12.4 Å². The van der Waals surface area contributed by atoms with Gasteiger partial charge < -0.3 is 20.0 Å². The van der Waals surface area contributed by atoms with Gasteiger partial charge in [-0.2, -0.15) is 0 Å². The molecule has 0 saturated carbocycles. The van der Waals surface area contributed by atoms with E-state index >= 15 is 0 Å². The lowest BCUT2D eigenvalue weighted by Crippen LogP contribution is -2.66. The molecule has 186 valence electrons. The van der Waals surface area contributed by atoms with Crippen LogP contribution in [0.1, 0.15) is 31.5 Å². The number of aromatic nitrogens is 2. The summed E-state index contributed by atoms with van der Waals surface area (Å²) in [7, 11) is 0. The van der Waals surface area contributed by atoms with Crippen LogP contribution in [0.25, 0.3) is 10.8 Å². The van der Waals surface area contributed by atoms with Crippen LogP contribution in [-0.2, 0) is 11.3 Å². The zero-order chi connectivity index (χ0) is 23.8. The minimum atomic E-state index is -0.121. The Labute approximate surface area is 207 Å². The van der Waals surface area contributed by atoms with Crippen molar-refractivity contribution in [3.05, 3.63) is 54.0 Å². The highest BCUT2D eigenvalue weighted by molar-refractivity contribution is 5.84. The van der Waals surface area contributed by atoms with Gasteiger partial charge in [0.15, 0.2) is 12.1 Å². The average molecular weight is 477 g/mol. The molecule has 4 aliphatic rings. The number of nitrogens with zero attached hydrogens (tertiary/aromatic N) is 8. The molecule has 0 spiro atoms. The molecule has 4 aliphatic heterocycles. The highest BCUT2D eigenvalue weighted by Crippen LogP contribution is 2.28. The molecule has 3 saturated heterocycles. The Morgan fingerprint density at radius 3 is 2.71 bits per heavy atom. The van der Waals surface area contributed by atoms with Crippen LogP contribution in [0.2, 0.25) is 0 Å². The monoisotopic (exact) mass is 476 g/mol. The van der Waals surface area contributed by atoms with Gasteiger partial charge in [-0.05, 0) is 43.9 Å². The van der Waals surface area contributed by atoms with Gasteiger partial charge in [0, 0.05) is 45.8 Å². The lowest BCUT2D eigenvalue weighted by atomic mass is 10.2. The van der Waals surface area contributed by atoms with E-state index in [1.165, 1.54) is 25.7 Å². The number of amides is 1. The van der Waals surface area contributed by atoms with Gasteiger partial charge in [-0.3, -0.25) is 9.69 Å². The van der Waals surface area contributed by atoms with E-state index in [4.69, 9.17) is 10.3 Å². The number of carbonyl (C=O) groups is 1. The number of aliphatic imine (C=N–C) groups is 1. The minimum Gasteiger partial charge on any atom is -0.658 e. The van der Waals surface area contributed by atoms with Crippen molar-refractivity contribution >= 4 is 17.4 Å². The van der Waals surface area contributed by atoms with E-state index < -0.39 is 0 Å². The number of piperazine rings is 1. The summed E-state index contributed by atoms with van der Waals surface area (Å²) in [4.78, 5) is 28.1. The van der Waals surface area contributed by atoms with Crippen molar-refractivity contribution in [1.29, 1.82) is 0 Å². The molecule has 2 atom stereocenters. The fraction of sp³-hybridized carbons (Fsp3) is 0.577. The van der Waals surface area contributed by atoms with Crippen LogP contribution >= 0.6 is 0 Å². The van der Waals surface area contributed by atoms with E-state index in [0.717, 1.165) is 43.5 Å². The summed E-state index contributed by atoms with van der Waals surface area (Å²) in [5.74, 6) is 2.21. The van der Waals surface area contributed by atoms with Crippen LogP contribution in [0, 0.1) is 6.92 Å². The van der Waals surface area contributed by atoms with Crippen LogP contribution < -0.4 is 4.57 Å². The van der Waals surface area contributed by atoms with E-state index in [1.54, 1.807) is 0 Å². The number of pyridine rings is 1. The standard InChI is InChI=1S/C26H36N8O/c1-21-31(19-22-8-2-3-16-32(21)22)20-25(35)33-17-11-27-18-24(33)34-23(29-12-4-5-13-29)9-10-28-26(34)30-14-6-7-15-30/h2-3,8-10,16,19,23-24H,4-7,11-15,17-18,20H2,1H3. The molecular formula is C26H36N8O. The van der Waals surface area contributed by atoms with Gasteiger partial charge in [-0.1, -0.05) is 6.07 Å². The molecule has 3 fully saturated rings. The Kier molecular flexibility index (Phi) is 6.20. The highest BCUT2D eigenvalue weighted by Gasteiger charge is 2.40. The Balaban J connectivity index is 1.30. The first-order valence-corrected chi connectivity index (χ1v) is 13.1. The third-order valence-electron chi connectivity index (χ3n) is 7.91. The van der Waals surface area contributed by atoms with Gasteiger partial charge in [-0.25, -0.2) is 14.0 Å². The fourth-order valence-corrected chi connectivity index (χ4v) is 6.05. The summed E-state index contributed by atoms with van der Waals surface area (Å²) in [6.45, 7) is 8.59. The number of aryl methyl sites for hydroxylation is 1. The topological polar surface area (TPSA) is 64.8 Å². The molecule has 0 N–H and O–H groups in total. The van der Waals surface area contributed by atoms with Crippen LogP contribution in [0.15, 0.2) is 47.9 Å². The van der Waals surface area contributed by atoms with E-state index in [1.807, 2.05) is 24.5 Å². The summed E-state index contributed by atoms with van der Waals surface area (Å²) in [6.07, 6.45) is 13.1. The van der Waals surface area contributed by atoms with Crippen LogP contribution in [0.3, 0.4) is 0 Å². The van der Waals surface area contributed by atoms with Crippen molar-refractivity contribution in [3.8, 4) is 0 Å². The molecule has 6 heterocycles. The van der Waals surface area contributed by atoms with Crippen molar-refractivity contribution in [2.75, 3.05) is 45.8 Å². The van der Waals surface area contributed by atoms with E-state index in [-0.39, 0.29) is 18.2 Å². The lowest BCUT2D eigenvalue weighted by Gasteiger charge is -2.53. The largest absolute Gasteiger partial charge is 0.658 e. The first-order valence-electron chi connectivity index (χ1n) is 13.1. The summed E-state index contributed by atoms with van der Waals surface area (Å²) >= 11 is 0. The second kappa shape index (κ2) is 9.62. The minimum absolute atomic E-state index is 0.116. The van der Waals surface area contributed by atoms with Gasteiger partial charge in [-0.15, -0.1) is 13.1 Å². The summed E-state index contributed by atoms with van der Waals surface area (Å²) in [6, 6.07) is 6.14. The number of hydrogen-bond donors (Lipinski definition) is 0. The second-order valence-electron chi connectivity index (χ2n) is 10.0. The summed E-state index contributed by atoms with van der Waals surface area (Å²) < 4.78 is 4.21. The van der Waals surface area contributed by atoms with Crippen LogP contribution in [0.5, 0.6) is 0 Å². The Morgan fingerprint density at radius 2 is 1.91 bits per heavy atom. The number of guanidine groups is 1. The van der Waals surface area contributed by atoms with E-state index in [2.05, 4.69) is 53.8 Å². The molecular weight excluding hydrogens is 440 g/mol. The molecule has 2 unspecified atom stereocenters. The molecule has 9 heteroatoms. The van der Waals surface area contributed by atoms with Gasteiger partial charge in [0.1, 0.15) is 12.4 Å². The smallest absolute Gasteiger partial charge is 0.266 e. The predicted octanol–water partition coefficient (Wildman–Crippen LogP) is 1.78. The molecule has 0 aliphatic carbocycles. The van der Waals surface area contributed by atoms with Crippen LogP contribution in [0.4, 0.5) is 0 Å². The van der Waals surface area contributed by atoms with E-state index in [9.17, 15) is 4.79 Å². The molecule has 9 nitrogen and oxygen atoms in total. The number of hydrogen-bond acceptors (Lipinski definition) is 5. The molecule has 6 rings (SSSR count). The molecule has 2 aromatic rings. The summed E-state index contributed by atoms with van der Waals surface area (Å²) in [5.41, 5.74) is 1.10. The third kappa shape index (κ3) is 4.21. The average Bonchev–Trinajstić information content (AvgIpc) is 3.67. The fourth-order valence-electron chi connectivity index (χ4n) is 6.05. The zero-order valence-corrected chi connectivity index (χ0v) is 20.7. The summed E-state index contributed by atoms with van der Waals surface area (Å²) in [5, 5.41) is 4.79. The quantitative estimate of drug-likeness (QED) is 0.631. The van der Waals surface area contributed by atoms with Gasteiger partial charge in [0.25, 0.3) is 11.7 Å². The molecule has 2 aromatic heterocycles.